The van der Waals surface area contributed by atoms with Crippen LogP contribution in [-0.2, 0) is 4.74 Å². The molecule has 2 aromatic heterocycles. The SMILES string of the molecule is C#Cc1c(F)ccc2cc(O)cc(-c3ncc4c(N5CC6CCC(C5)N6)cc(OC[C@]56CCCN5[C@@H](COC(=O)N(C)C)CC6)nc4n3)c12. The molecule has 2 unspecified atom stereocenters. The number of benzene rings is 2. The highest BCUT2D eigenvalue weighted by Crippen LogP contribution is 2.43. The molecule has 1 amide bonds. The maximum atomic E-state index is 14.9. The number of halogens is 1. The number of aromatic hydroxyl groups is 1. The summed E-state index contributed by atoms with van der Waals surface area (Å²) in [6, 6.07) is 8.92. The molecule has 0 radical (unpaired) electrons. The van der Waals surface area contributed by atoms with Gasteiger partial charge in [-0.3, -0.25) is 4.90 Å². The number of pyridine rings is 1. The summed E-state index contributed by atoms with van der Waals surface area (Å²) in [7, 11) is 3.38. The highest BCUT2D eigenvalue weighted by Gasteiger charge is 2.50. The zero-order valence-electron chi connectivity index (χ0n) is 27.8. The number of phenols is 1. The van der Waals surface area contributed by atoms with Crippen LogP contribution in [0.4, 0.5) is 14.9 Å². The Hall–Kier alpha value is -4.73. The summed E-state index contributed by atoms with van der Waals surface area (Å²) in [5.41, 5.74) is 1.75. The van der Waals surface area contributed by atoms with Crippen molar-refractivity contribution in [2.24, 2.45) is 0 Å². The summed E-state index contributed by atoms with van der Waals surface area (Å²) in [6.45, 7) is 3.45. The van der Waals surface area contributed by atoms with Gasteiger partial charge in [0, 0.05) is 68.5 Å². The molecule has 2 bridgehead atoms. The number of rotatable bonds is 7. The van der Waals surface area contributed by atoms with Crippen LogP contribution < -0.4 is 15.0 Å². The van der Waals surface area contributed by atoms with Crippen LogP contribution in [0.3, 0.4) is 0 Å². The molecular formula is C37H40FN7O4. The summed E-state index contributed by atoms with van der Waals surface area (Å²) in [4.78, 5) is 33.0. The van der Waals surface area contributed by atoms with Crippen molar-refractivity contribution < 1.29 is 23.8 Å². The van der Waals surface area contributed by atoms with Crippen molar-refractivity contribution in [3.05, 3.63) is 47.9 Å². The lowest BCUT2D eigenvalue weighted by atomic mass is 9.95. The second-order valence-electron chi connectivity index (χ2n) is 14.1. The molecule has 6 heterocycles. The summed E-state index contributed by atoms with van der Waals surface area (Å²) in [5.74, 6) is 2.68. The molecule has 4 aliphatic heterocycles. The van der Waals surface area contributed by atoms with E-state index in [1.807, 2.05) is 6.07 Å². The van der Waals surface area contributed by atoms with Crippen molar-refractivity contribution in [2.45, 2.75) is 62.2 Å². The Balaban J connectivity index is 1.16. The fraction of sp³-hybridized carbons (Fsp3) is 0.459. The molecule has 12 heteroatoms. The number of ether oxygens (including phenoxy) is 2. The molecule has 4 aromatic rings. The molecule has 0 aliphatic carbocycles. The Morgan fingerprint density at radius 3 is 2.76 bits per heavy atom. The van der Waals surface area contributed by atoms with E-state index in [4.69, 9.17) is 30.8 Å². The predicted octanol–water partition coefficient (Wildman–Crippen LogP) is 4.69. The Labute approximate surface area is 284 Å². The number of hydrogen-bond acceptors (Lipinski definition) is 10. The molecule has 2 aromatic carbocycles. The molecule has 49 heavy (non-hydrogen) atoms. The average molecular weight is 666 g/mol. The first-order chi connectivity index (χ1) is 23.7. The van der Waals surface area contributed by atoms with Crippen LogP contribution in [0.5, 0.6) is 11.6 Å². The van der Waals surface area contributed by atoms with E-state index in [9.17, 15) is 14.3 Å². The summed E-state index contributed by atoms with van der Waals surface area (Å²) >= 11 is 0. The van der Waals surface area contributed by atoms with Crippen molar-refractivity contribution in [1.82, 2.24) is 30.1 Å². The lowest BCUT2D eigenvalue weighted by Crippen LogP contribution is -2.51. The monoisotopic (exact) mass is 665 g/mol. The van der Waals surface area contributed by atoms with E-state index in [2.05, 4.69) is 21.0 Å². The maximum Gasteiger partial charge on any atom is 0.409 e. The molecule has 11 nitrogen and oxygen atoms in total. The number of carbonyl (C=O) groups is 1. The van der Waals surface area contributed by atoms with Crippen molar-refractivity contribution >= 4 is 33.6 Å². The van der Waals surface area contributed by atoms with Gasteiger partial charge in [0.2, 0.25) is 5.88 Å². The standard InChI is InChI=1S/C37H40FN7O4/c1-4-27-30(38)9-6-22-14-26(46)15-28(33(22)27)34-39-17-29-31(44-18-23-7-8-24(19-44)40-23)16-32(41-35(29)42-34)49-21-37-11-5-13-45(37)25(10-12-37)20-48-36(47)43(2)3/h1,6,9,14-17,23-25,40,46H,5,7-8,10-13,18-21H2,2-3H3/t23?,24?,25-,37-/m1/s1. The van der Waals surface area contributed by atoms with Gasteiger partial charge >= 0.3 is 6.09 Å². The molecule has 0 saturated carbocycles. The normalized spacial score (nSPS) is 24.7. The number of terminal acetylenes is 1. The van der Waals surface area contributed by atoms with Crippen LogP contribution in [-0.4, -0.2) is 107 Å². The third kappa shape index (κ3) is 5.64. The predicted molar refractivity (Wildman–Crippen MR) is 184 cm³/mol. The molecule has 254 valence electrons. The van der Waals surface area contributed by atoms with Gasteiger partial charge in [0.1, 0.15) is 24.8 Å². The molecule has 8 rings (SSSR count). The molecular weight excluding hydrogens is 625 g/mol. The van der Waals surface area contributed by atoms with Crippen molar-refractivity contribution in [3.8, 4) is 35.4 Å². The van der Waals surface area contributed by atoms with Gasteiger partial charge in [0.05, 0.1) is 22.2 Å². The summed E-state index contributed by atoms with van der Waals surface area (Å²) in [5, 5.41) is 16.1. The van der Waals surface area contributed by atoms with Crippen molar-refractivity contribution in [3.63, 3.8) is 0 Å². The average Bonchev–Trinajstić information content (AvgIpc) is 3.77. The highest BCUT2D eigenvalue weighted by atomic mass is 19.1. The lowest BCUT2D eigenvalue weighted by Gasteiger charge is -2.36. The van der Waals surface area contributed by atoms with Gasteiger partial charge < -0.3 is 29.7 Å². The van der Waals surface area contributed by atoms with Crippen molar-refractivity contribution in [1.29, 1.82) is 0 Å². The molecule has 4 aliphatic rings. The van der Waals surface area contributed by atoms with Gasteiger partial charge in [0.25, 0.3) is 0 Å². The van der Waals surface area contributed by atoms with E-state index >= 15 is 0 Å². The number of nitrogens with zero attached hydrogens (tertiary/aromatic N) is 6. The number of nitrogens with one attached hydrogen (secondary N) is 1. The van der Waals surface area contributed by atoms with Gasteiger partial charge in [-0.1, -0.05) is 12.0 Å². The van der Waals surface area contributed by atoms with Gasteiger partial charge in [0.15, 0.2) is 11.5 Å². The van der Waals surface area contributed by atoms with E-state index in [1.54, 1.807) is 32.4 Å². The second kappa shape index (κ2) is 12.3. The summed E-state index contributed by atoms with van der Waals surface area (Å²) in [6.07, 6.45) is 13.4. The number of anilines is 1. The van der Waals surface area contributed by atoms with Gasteiger partial charge in [-0.25, -0.2) is 19.2 Å². The van der Waals surface area contributed by atoms with Crippen LogP contribution in [0.2, 0.25) is 0 Å². The third-order valence-corrected chi connectivity index (χ3v) is 10.8. The maximum absolute atomic E-state index is 14.9. The minimum absolute atomic E-state index is 0.00507. The first-order valence-electron chi connectivity index (χ1n) is 17.1. The largest absolute Gasteiger partial charge is 0.508 e. The number of aromatic nitrogens is 3. The Morgan fingerprint density at radius 2 is 1.98 bits per heavy atom. The lowest BCUT2D eigenvalue weighted by molar-refractivity contribution is 0.0494. The van der Waals surface area contributed by atoms with E-state index in [1.165, 1.54) is 17.0 Å². The zero-order valence-corrected chi connectivity index (χ0v) is 27.8. The minimum atomic E-state index is -0.530. The minimum Gasteiger partial charge on any atom is -0.508 e. The second-order valence-corrected chi connectivity index (χ2v) is 14.1. The number of phenolic OH excluding ortho intramolecular Hbond substituents is 1. The van der Waals surface area contributed by atoms with Gasteiger partial charge in [-0.15, -0.1) is 6.42 Å². The Bertz CT molecular complexity index is 1990. The molecule has 4 saturated heterocycles. The Morgan fingerprint density at radius 1 is 1.16 bits per heavy atom. The zero-order chi connectivity index (χ0) is 33.9. The molecule has 2 N–H and O–H groups in total. The van der Waals surface area contributed by atoms with Crippen molar-refractivity contribution in [2.75, 3.05) is 51.8 Å². The summed E-state index contributed by atoms with van der Waals surface area (Å²) < 4.78 is 27.1. The highest BCUT2D eigenvalue weighted by molar-refractivity contribution is 6.01. The molecule has 4 atom stereocenters. The number of hydrogen-bond donors (Lipinski definition) is 2. The molecule has 0 spiro atoms. The number of carbonyl (C=O) groups excluding carboxylic acids is 1. The van der Waals surface area contributed by atoms with Crippen LogP contribution in [0.1, 0.15) is 44.1 Å². The fourth-order valence-electron chi connectivity index (χ4n) is 8.47. The van der Waals surface area contributed by atoms with Crippen LogP contribution in [0.25, 0.3) is 33.2 Å². The smallest absolute Gasteiger partial charge is 0.409 e. The number of piperazine rings is 1. The van der Waals surface area contributed by atoms with Crippen LogP contribution in [0.15, 0.2) is 36.5 Å². The first kappa shape index (κ1) is 31.5. The van der Waals surface area contributed by atoms with Crippen LogP contribution in [0, 0.1) is 18.2 Å². The van der Waals surface area contributed by atoms with Gasteiger partial charge in [-0.2, -0.15) is 4.98 Å². The third-order valence-electron chi connectivity index (χ3n) is 10.8. The van der Waals surface area contributed by atoms with E-state index < -0.39 is 5.82 Å². The Kier molecular flexibility index (Phi) is 7.92. The number of amides is 1. The van der Waals surface area contributed by atoms with E-state index in [0.717, 1.165) is 69.2 Å². The van der Waals surface area contributed by atoms with Gasteiger partial charge in [-0.05, 0) is 68.7 Å². The molecule has 4 fully saturated rings. The van der Waals surface area contributed by atoms with E-state index in [0.29, 0.717) is 53.2 Å². The number of fused-ring (bicyclic) bond motifs is 5. The van der Waals surface area contributed by atoms with Crippen LogP contribution >= 0.6 is 0 Å². The fourth-order valence-corrected chi connectivity index (χ4v) is 8.47. The quantitative estimate of drug-likeness (QED) is 0.270. The topological polar surface area (TPSA) is 116 Å². The first-order valence-corrected chi connectivity index (χ1v) is 17.1. The van der Waals surface area contributed by atoms with E-state index in [-0.39, 0.29) is 34.8 Å².